The van der Waals surface area contributed by atoms with Crippen LogP contribution >= 0.6 is 0 Å². The molecule has 0 fully saturated rings. The second-order valence-corrected chi connectivity index (χ2v) is 3.41. The molecule has 0 heterocycles. The van der Waals surface area contributed by atoms with Gasteiger partial charge < -0.3 is 15.6 Å². The number of nitriles is 2. The van der Waals surface area contributed by atoms with Gasteiger partial charge >= 0.3 is 0 Å². The zero-order chi connectivity index (χ0) is 12.7. The highest BCUT2D eigenvalue weighted by molar-refractivity contribution is 5.59. The largest absolute Gasteiger partial charge is 0.398 e. The molecule has 0 aromatic heterocycles. The lowest BCUT2D eigenvalue weighted by Crippen LogP contribution is -2.05. The fourth-order valence-electron chi connectivity index (χ4n) is 1.41. The van der Waals surface area contributed by atoms with Gasteiger partial charge in [-0.15, -0.1) is 0 Å². The summed E-state index contributed by atoms with van der Waals surface area (Å²) in [5, 5.41) is 26.2. The molecule has 17 heavy (non-hydrogen) atoms. The van der Waals surface area contributed by atoms with Crippen molar-refractivity contribution in [1.29, 1.82) is 10.5 Å². The van der Waals surface area contributed by atoms with Gasteiger partial charge in [0.05, 0.1) is 30.9 Å². The van der Waals surface area contributed by atoms with Gasteiger partial charge in [-0.25, -0.2) is 0 Å². The SMILES string of the molecule is N#Cc1cc(N)c(CCOCCO)cc1C#N. The lowest BCUT2D eigenvalue weighted by molar-refractivity contribution is 0.0945. The molecule has 0 saturated carbocycles. The van der Waals surface area contributed by atoms with Crippen molar-refractivity contribution in [3.63, 3.8) is 0 Å². The van der Waals surface area contributed by atoms with Crippen molar-refractivity contribution in [2.45, 2.75) is 6.42 Å². The van der Waals surface area contributed by atoms with Crippen LogP contribution in [0.4, 0.5) is 5.69 Å². The summed E-state index contributed by atoms with van der Waals surface area (Å²) in [6.07, 6.45) is 0.548. The molecule has 0 amide bonds. The Morgan fingerprint density at radius 2 is 1.82 bits per heavy atom. The predicted molar refractivity (Wildman–Crippen MR) is 61.9 cm³/mol. The van der Waals surface area contributed by atoms with E-state index >= 15 is 0 Å². The van der Waals surface area contributed by atoms with Crippen molar-refractivity contribution in [3.05, 3.63) is 28.8 Å². The van der Waals surface area contributed by atoms with Gasteiger partial charge in [0.1, 0.15) is 12.1 Å². The van der Waals surface area contributed by atoms with Crippen LogP contribution in [0.1, 0.15) is 16.7 Å². The second-order valence-electron chi connectivity index (χ2n) is 3.41. The Balaban J connectivity index is 2.80. The van der Waals surface area contributed by atoms with Gasteiger partial charge in [-0.2, -0.15) is 10.5 Å². The van der Waals surface area contributed by atoms with Crippen LogP contribution in [0.5, 0.6) is 0 Å². The van der Waals surface area contributed by atoms with E-state index in [9.17, 15) is 0 Å². The minimum absolute atomic E-state index is 0.0215. The van der Waals surface area contributed by atoms with Crippen molar-refractivity contribution >= 4 is 5.69 Å². The fourth-order valence-corrected chi connectivity index (χ4v) is 1.41. The van der Waals surface area contributed by atoms with E-state index in [4.69, 9.17) is 26.1 Å². The topological polar surface area (TPSA) is 103 Å². The van der Waals surface area contributed by atoms with Crippen LogP contribution in [0, 0.1) is 22.7 Å². The van der Waals surface area contributed by atoms with Gasteiger partial charge in [-0.1, -0.05) is 0 Å². The van der Waals surface area contributed by atoms with Crippen molar-refractivity contribution in [1.82, 2.24) is 0 Å². The van der Waals surface area contributed by atoms with Crippen molar-refractivity contribution < 1.29 is 9.84 Å². The van der Waals surface area contributed by atoms with Crippen LogP contribution in [0.3, 0.4) is 0 Å². The summed E-state index contributed by atoms with van der Waals surface area (Å²) < 4.78 is 5.12. The minimum atomic E-state index is -0.0215. The number of rotatable bonds is 5. The zero-order valence-electron chi connectivity index (χ0n) is 9.31. The van der Waals surface area contributed by atoms with E-state index in [2.05, 4.69) is 0 Å². The van der Waals surface area contributed by atoms with Crippen LogP contribution < -0.4 is 5.73 Å². The average molecular weight is 231 g/mol. The molecule has 0 saturated heterocycles. The summed E-state index contributed by atoms with van der Waals surface area (Å²) >= 11 is 0. The van der Waals surface area contributed by atoms with E-state index in [1.165, 1.54) is 6.07 Å². The quantitative estimate of drug-likeness (QED) is 0.569. The third-order valence-corrected chi connectivity index (χ3v) is 2.27. The highest BCUT2D eigenvalue weighted by Crippen LogP contribution is 2.18. The normalized spacial score (nSPS) is 9.59. The highest BCUT2D eigenvalue weighted by Gasteiger charge is 2.07. The van der Waals surface area contributed by atoms with Crippen LogP contribution in [0.15, 0.2) is 12.1 Å². The Labute approximate surface area is 99.7 Å². The molecule has 3 N–H and O–H groups in total. The monoisotopic (exact) mass is 231 g/mol. The molecule has 0 aliphatic heterocycles. The van der Waals surface area contributed by atoms with Crippen molar-refractivity contribution in [3.8, 4) is 12.1 Å². The van der Waals surface area contributed by atoms with Gasteiger partial charge in [0, 0.05) is 5.69 Å². The number of anilines is 1. The summed E-state index contributed by atoms with van der Waals surface area (Å²) in [6, 6.07) is 6.99. The molecule has 1 aromatic carbocycles. The molecule has 5 nitrogen and oxygen atoms in total. The molecular formula is C12H13N3O2. The van der Waals surface area contributed by atoms with E-state index in [1.807, 2.05) is 12.1 Å². The number of nitrogens with zero attached hydrogens (tertiary/aromatic N) is 2. The Morgan fingerprint density at radius 1 is 1.18 bits per heavy atom. The summed E-state index contributed by atoms with van der Waals surface area (Å²) in [7, 11) is 0. The number of nitrogens with two attached hydrogens (primary N) is 1. The Kier molecular flexibility index (Phi) is 4.96. The Bertz CT molecular complexity index is 472. The lowest BCUT2D eigenvalue weighted by Gasteiger charge is -2.07. The first-order valence-electron chi connectivity index (χ1n) is 5.14. The summed E-state index contributed by atoms with van der Waals surface area (Å²) in [5.41, 5.74) is 7.63. The van der Waals surface area contributed by atoms with Gasteiger partial charge in [0.2, 0.25) is 0 Å². The first-order valence-corrected chi connectivity index (χ1v) is 5.14. The molecule has 0 spiro atoms. The molecule has 1 rings (SSSR count). The summed E-state index contributed by atoms with van der Waals surface area (Å²) in [5.74, 6) is 0. The van der Waals surface area contributed by atoms with E-state index < -0.39 is 0 Å². The first kappa shape index (κ1) is 13.0. The van der Waals surface area contributed by atoms with Crippen LogP contribution in [0.25, 0.3) is 0 Å². The molecule has 1 aromatic rings. The third kappa shape index (κ3) is 3.46. The van der Waals surface area contributed by atoms with Crippen molar-refractivity contribution in [2.75, 3.05) is 25.6 Å². The smallest absolute Gasteiger partial charge is 0.101 e. The Hall–Kier alpha value is -2.08. The molecule has 5 heteroatoms. The fraction of sp³-hybridized carbons (Fsp3) is 0.333. The standard InChI is InChI=1S/C12H13N3O2/c13-7-10-5-9(1-3-17-4-2-16)12(15)6-11(10)8-14/h5-6,16H,1-4,15H2. The van der Waals surface area contributed by atoms with Gasteiger partial charge in [0.15, 0.2) is 0 Å². The molecule has 0 unspecified atom stereocenters. The van der Waals surface area contributed by atoms with Gasteiger partial charge in [-0.3, -0.25) is 0 Å². The van der Waals surface area contributed by atoms with E-state index in [-0.39, 0.29) is 18.8 Å². The van der Waals surface area contributed by atoms with E-state index in [1.54, 1.807) is 6.07 Å². The van der Waals surface area contributed by atoms with E-state index in [0.29, 0.717) is 24.3 Å². The minimum Gasteiger partial charge on any atom is -0.398 e. The first-order chi connectivity index (χ1) is 8.22. The predicted octanol–water partition coefficient (Wildman–Crippen LogP) is 0.564. The number of aliphatic hydroxyl groups excluding tert-OH is 1. The third-order valence-electron chi connectivity index (χ3n) is 2.27. The van der Waals surface area contributed by atoms with Gasteiger partial charge in [0.25, 0.3) is 0 Å². The molecule has 0 radical (unpaired) electrons. The second kappa shape index (κ2) is 6.49. The molecule has 0 aliphatic rings. The summed E-state index contributed by atoms with van der Waals surface area (Å²) in [4.78, 5) is 0. The van der Waals surface area contributed by atoms with Gasteiger partial charge in [-0.05, 0) is 24.1 Å². The number of aliphatic hydroxyl groups is 1. The Morgan fingerprint density at radius 3 is 2.41 bits per heavy atom. The molecule has 0 aliphatic carbocycles. The lowest BCUT2D eigenvalue weighted by atomic mass is 10.0. The number of nitrogen functional groups attached to an aromatic ring is 1. The number of benzene rings is 1. The highest BCUT2D eigenvalue weighted by atomic mass is 16.5. The maximum absolute atomic E-state index is 8.87. The van der Waals surface area contributed by atoms with E-state index in [0.717, 1.165) is 5.56 Å². The maximum Gasteiger partial charge on any atom is 0.101 e. The van der Waals surface area contributed by atoms with Crippen molar-refractivity contribution in [2.24, 2.45) is 0 Å². The van der Waals surface area contributed by atoms with Crippen LogP contribution in [-0.4, -0.2) is 24.9 Å². The summed E-state index contributed by atoms with van der Waals surface area (Å²) in [6.45, 7) is 0.676. The van der Waals surface area contributed by atoms with Crippen LogP contribution in [0.2, 0.25) is 0 Å². The molecule has 88 valence electrons. The number of hydrogen-bond donors (Lipinski definition) is 2. The molecular weight excluding hydrogens is 218 g/mol. The number of ether oxygens (including phenoxy) is 1. The average Bonchev–Trinajstić information content (AvgIpc) is 2.35. The maximum atomic E-state index is 8.87. The molecule has 0 atom stereocenters. The van der Waals surface area contributed by atoms with Crippen LogP contribution in [-0.2, 0) is 11.2 Å². The zero-order valence-corrected chi connectivity index (χ0v) is 9.31. The molecule has 0 bridgehead atoms. The number of hydrogen-bond acceptors (Lipinski definition) is 5.